The monoisotopic (exact) mass is 343 g/mol. The van der Waals surface area contributed by atoms with Crippen molar-refractivity contribution in [3.63, 3.8) is 0 Å². The second kappa shape index (κ2) is 7.25. The predicted molar refractivity (Wildman–Crippen MR) is 93.5 cm³/mol. The van der Waals surface area contributed by atoms with Gasteiger partial charge in [0.05, 0.1) is 0 Å². The number of imide groups is 1. The molecular formula is C19H25N3O3. The third kappa shape index (κ3) is 3.67. The Hall–Kier alpha value is -2.37. The van der Waals surface area contributed by atoms with Crippen LogP contribution in [0.3, 0.4) is 0 Å². The van der Waals surface area contributed by atoms with E-state index in [-0.39, 0.29) is 24.3 Å². The molecule has 2 fully saturated rings. The quantitative estimate of drug-likeness (QED) is 0.805. The molecule has 1 aliphatic heterocycles. The fourth-order valence-corrected chi connectivity index (χ4v) is 3.81. The van der Waals surface area contributed by atoms with Crippen LogP contribution in [-0.2, 0) is 16.1 Å². The summed E-state index contributed by atoms with van der Waals surface area (Å²) in [6, 6.07) is 9.06. The van der Waals surface area contributed by atoms with Gasteiger partial charge in [-0.1, -0.05) is 49.6 Å². The highest BCUT2D eigenvalue weighted by molar-refractivity contribution is 6.09. The Morgan fingerprint density at radius 2 is 1.88 bits per heavy atom. The number of amides is 4. The average molecular weight is 343 g/mol. The summed E-state index contributed by atoms with van der Waals surface area (Å²) in [5.74, 6) is -0.463. The van der Waals surface area contributed by atoms with Crippen LogP contribution in [0.5, 0.6) is 0 Å². The van der Waals surface area contributed by atoms with Crippen LogP contribution in [0.4, 0.5) is 4.79 Å². The number of urea groups is 1. The van der Waals surface area contributed by atoms with Crippen LogP contribution in [0.1, 0.15) is 44.6 Å². The van der Waals surface area contributed by atoms with Gasteiger partial charge in [-0.15, -0.1) is 0 Å². The first-order valence-corrected chi connectivity index (χ1v) is 8.95. The van der Waals surface area contributed by atoms with Crippen molar-refractivity contribution in [3.8, 4) is 0 Å². The standard InChI is InChI=1S/C19H25N3O3/c1-19(15-10-6-3-7-11-15)17(24)22(18(25)21-19)13-16(23)20-12-14-8-4-2-5-9-14/h2,4-5,8-9,15H,3,6-7,10-13H2,1H3,(H,20,23)(H,21,25)/t19-/m1/s1. The molecule has 0 bridgehead atoms. The van der Waals surface area contributed by atoms with Crippen molar-refractivity contribution < 1.29 is 14.4 Å². The number of nitrogens with one attached hydrogen (secondary N) is 2. The Kier molecular flexibility index (Phi) is 5.06. The summed E-state index contributed by atoms with van der Waals surface area (Å²) >= 11 is 0. The highest BCUT2D eigenvalue weighted by Crippen LogP contribution is 2.36. The normalized spacial score (nSPS) is 24.3. The summed E-state index contributed by atoms with van der Waals surface area (Å²) in [6.45, 7) is 1.94. The average Bonchev–Trinajstić information content (AvgIpc) is 2.86. The van der Waals surface area contributed by atoms with Crippen molar-refractivity contribution >= 4 is 17.8 Å². The molecule has 2 aliphatic rings. The number of rotatable bonds is 5. The van der Waals surface area contributed by atoms with Gasteiger partial charge >= 0.3 is 6.03 Å². The molecule has 1 saturated heterocycles. The van der Waals surface area contributed by atoms with Gasteiger partial charge in [-0.2, -0.15) is 0 Å². The fourth-order valence-electron chi connectivity index (χ4n) is 3.81. The van der Waals surface area contributed by atoms with Crippen molar-refractivity contribution in [2.75, 3.05) is 6.54 Å². The summed E-state index contributed by atoms with van der Waals surface area (Å²) in [7, 11) is 0. The minimum atomic E-state index is -0.878. The van der Waals surface area contributed by atoms with Gasteiger partial charge in [-0.25, -0.2) is 4.79 Å². The predicted octanol–water partition coefficient (Wildman–Crippen LogP) is 2.19. The van der Waals surface area contributed by atoms with E-state index in [0.717, 1.165) is 36.1 Å². The van der Waals surface area contributed by atoms with E-state index >= 15 is 0 Å². The number of hydrogen-bond donors (Lipinski definition) is 2. The number of hydrogen-bond acceptors (Lipinski definition) is 3. The number of benzene rings is 1. The lowest BCUT2D eigenvalue weighted by atomic mass is 9.75. The first-order valence-electron chi connectivity index (χ1n) is 8.95. The van der Waals surface area contributed by atoms with E-state index in [9.17, 15) is 14.4 Å². The van der Waals surface area contributed by atoms with Crippen molar-refractivity contribution in [1.82, 2.24) is 15.5 Å². The Balaban J connectivity index is 1.59. The second-order valence-electron chi connectivity index (χ2n) is 7.12. The van der Waals surface area contributed by atoms with E-state index in [1.807, 2.05) is 30.3 Å². The highest BCUT2D eigenvalue weighted by Gasteiger charge is 2.52. The van der Waals surface area contributed by atoms with Gasteiger partial charge in [0.2, 0.25) is 5.91 Å². The van der Waals surface area contributed by atoms with Crippen LogP contribution in [-0.4, -0.2) is 34.8 Å². The third-order valence-corrected chi connectivity index (χ3v) is 5.36. The third-order valence-electron chi connectivity index (χ3n) is 5.36. The first-order chi connectivity index (χ1) is 12.0. The Bertz CT molecular complexity index is 655. The molecule has 25 heavy (non-hydrogen) atoms. The number of carbonyl (C=O) groups excluding carboxylic acids is 3. The second-order valence-corrected chi connectivity index (χ2v) is 7.12. The number of carbonyl (C=O) groups is 3. The summed E-state index contributed by atoms with van der Waals surface area (Å²) < 4.78 is 0. The molecule has 6 heteroatoms. The molecule has 0 spiro atoms. The molecule has 2 N–H and O–H groups in total. The largest absolute Gasteiger partial charge is 0.350 e. The molecule has 1 aliphatic carbocycles. The molecule has 1 atom stereocenters. The Labute approximate surface area is 148 Å². The van der Waals surface area contributed by atoms with Crippen molar-refractivity contribution in [3.05, 3.63) is 35.9 Å². The molecule has 3 rings (SSSR count). The zero-order chi connectivity index (χ0) is 17.9. The van der Waals surface area contributed by atoms with Gasteiger partial charge in [0.15, 0.2) is 0 Å². The maximum absolute atomic E-state index is 12.8. The molecule has 6 nitrogen and oxygen atoms in total. The van der Waals surface area contributed by atoms with Crippen LogP contribution in [0.15, 0.2) is 30.3 Å². The molecule has 1 heterocycles. The Morgan fingerprint density at radius 1 is 1.20 bits per heavy atom. The molecule has 1 aromatic rings. The molecule has 0 aromatic heterocycles. The molecule has 134 valence electrons. The smallest absolute Gasteiger partial charge is 0.325 e. The Morgan fingerprint density at radius 3 is 2.56 bits per heavy atom. The zero-order valence-electron chi connectivity index (χ0n) is 14.6. The minimum absolute atomic E-state index is 0.148. The van der Waals surface area contributed by atoms with Gasteiger partial charge in [0.25, 0.3) is 5.91 Å². The van der Waals surface area contributed by atoms with E-state index in [1.165, 1.54) is 6.42 Å². The lowest BCUT2D eigenvalue weighted by Gasteiger charge is -2.34. The van der Waals surface area contributed by atoms with Crippen LogP contribution < -0.4 is 10.6 Å². The van der Waals surface area contributed by atoms with Crippen LogP contribution in [0.2, 0.25) is 0 Å². The van der Waals surface area contributed by atoms with E-state index in [1.54, 1.807) is 6.92 Å². The van der Waals surface area contributed by atoms with Crippen LogP contribution in [0, 0.1) is 5.92 Å². The van der Waals surface area contributed by atoms with E-state index in [0.29, 0.717) is 6.54 Å². The van der Waals surface area contributed by atoms with E-state index < -0.39 is 11.6 Å². The van der Waals surface area contributed by atoms with Gasteiger partial charge in [0, 0.05) is 6.54 Å². The van der Waals surface area contributed by atoms with Gasteiger partial charge in [0.1, 0.15) is 12.1 Å². The molecule has 1 aromatic carbocycles. The van der Waals surface area contributed by atoms with Gasteiger partial charge in [-0.05, 0) is 31.2 Å². The molecule has 4 amide bonds. The molecule has 1 saturated carbocycles. The van der Waals surface area contributed by atoms with E-state index in [4.69, 9.17) is 0 Å². The maximum Gasteiger partial charge on any atom is 0.325 e. The van der Waals surface area contributed by atoms with Crippen molar-refractivity contribution in [2.24, 2.45) is 5.92 Å². The summed E-state index contributed by atoms with van der Waals surface area (Å²) in [5.41, 5.74) is 0.0945. The summed E-state index contributed by atoms with van der Waals surface area (Å²) in [5, 5.41) is 5.60. The molecular weight excluding hydrogens is 318 g/mol. The minimum Gasteiger partial charge on any atom is -0.350 e. The SMILES string of the molecule is C[C@]1(C2CCCCC2)NC(=O)N(CC(=O)NCc2ccccc2)C1=O. The van der Waals surface area contributed by atoms with E-state index in [2.05, 4.69) is 10.6 Å². The lowest BCUT2D eigenvalue weighted by Crippen LogP contribution is -2.51. The topological polar surface area (TPSA) is 78.5 Å². The fraction of sp³-hybridized carbons (Fsp3) is 0.526. The van der Waals surface area contributed by atoms with Crippen molar-refractivity contribution in [2.45, 2.75) is 51.1 Å². The van der Waals surface area contributed by atoms with Crippen molar-refractivity contribution in [1.29, 1.82) is 0 Å². The lowest BCUT2D eigenvalue weighted by molar-refractivity contribution is -0.136. The molecule has 0 unspecified atom stereocenters. The summed E-state index contributed by atoms with van der Waals surface area (Å²) in [4.78, 5) is 38.3. The van der Waals surface area contributed by atoms with Gasteiger partial charge < -0.3 is 10.6 Å². The van der Waals surface area contributed by atoms with Gasteiger partial charge in [-0.3, -0.25) is 14.5 Å². The summed E-state index contributed by atoms with van der Waals surface area (Å²) in [6.07, 6.45) is 5.23. The highest BCUT2D eigenvalue weighted by atomic mass is 16.2. The first kappa shape index (κ1) is 17.5. The zero-order valence-corrected chi connectivity index (χ0v) is 14.6. The molecule has 0 radical (unpaired) electrons. The maximum atomic E-state index is 12.8. The van der Waals surface area contributed by atoms with Crippen LogP contribution in [0.25, 0.3) is 0 Å². The number of nitrogens with zero attached hydrogens (tertiary/aromatic N) is 1. The van der Waals surface area contributed by atoms with Crippen LogP contribution >= 0.6 is 0 Å².